The maximum atomic E-state index is 11.4. The fraction of sp³-hybridized carbons (Fsp3) is 0.0625. The summed E-state index contributed by atoms with van der Waals surface area (Å²) in [7, 11) is 0. The van der Waals surface area contributed by atoms with Gasteiger partial charge in [-0.2, -0.15) is 0 Å². The first-order chi connectivity index (χ1) is 9.56. The maximum absolute atomic E-state index is 11.4. The third-order valence-electron chi connectivity index (χ3n) is 3.17. The molecule has 1 N–H and O–H groups in total. The summed E-state index contributed by atoms with van der Waals surface area (Å²) in [6.07, 6.45) is 0. The van der Waals surface area contributed by atoms with Crippen LogP contribution in [0.4, 0.5) is 0 Å². The van der Waals surface area contributed by atoms with E-state index in [-0.39, 0.29) is 5.56 Å². The van der Waals surface area contributed by atoms with Crippen molar-refractivity contribution in [3.8, 4) is 11.3 Å². The number of para-hydroxylation sites is 1. The van der Waals surface area contributed by atoms with Crippen molar-refractivity contribution < 1.29 is 14.3 Å². The quantitative estimate of drug-likeness (QED) is 0.739. The molecule has 2 aromatic carbocycles. The molecule has 3 aromatic rings. The van der Waals surface area contributed by atoms with Gasteiger partial charge in [-0.1, -0.05) is 41.4 Å². The van der Waals surface area contributed by atoms with Gasteiger partial charge in [0.15, 0.2) is 5.58 Å². The zero-order chi connectivity index (χ0) is 14.3. The molecule has 1 heterocycles. The summed E-state index contributed by atoms with van der Waals surface area (Å²) in [5.41, 5.74) is 2.23. The Morgan fingerprint density at radius 1 is 1.20 bits per heavy atom. The first kappa shape index (κ1) is 12.8. The van der Waals surface area contributed by atoms with Gasteiger partial charge < -0.3 is 9.52 Å². The summed E-state index contributed by atoms with van der Waals surface area (Å²) in [4.78, 5) is 11.4. The minimum Gasteiger partial charge on any atom is -0.478 e. The summed E-state index contributed by atoms with van der Waals surface area (Å²) in [5.74, 6) is -0.472. The molecule has 20 heavy (non-hydrogen) atoms. The normalized spacial score (nSPS) is 10.9. The van der Waals surface area contributed by atoms with Crippen LogP contribution in [0.2, 0.25) is 5.02 Å². The van der Waals surface area contributed by atoms with Crippen LogP contribution in [0.3, 0.4) is 0 Å². The summed E-state index contributed by atoms with van der Waals surface area (Å²) in [6.45, 7) is 1.85. The monoisotopic (exact) mass is 286 g/mol. The van der Waals surface area contributed by atoms with E-state index in [1.54, 1.807) is 24.3 Å². The second-order valence-corrected chi connectivity index (χ2v) is 5.03. The number of halogens is 1. The number of rotatable bonds is 2. The highest BCUT2D eigenvalue weighted by Gasteiger charge is 2.16. The average Bonchev–Trinajstić information content (AvgIpc) is 2.84. The van der Waals surface area contributed by atoms with Crippen molar-refractivity contribution in [2.45, 2.75) is 6.92 Å². The highest BCUT2D eigenvalue weighted by molar-refractivity contribution is 6.34. The Balaban J connectivity index is 2.25. The number of aryl methyl sites for hydroxylation is 1. The Hall–Kier alpha value is -2.26. The van der Waals surface area contributed by atoms with E-state index in [9.17, 15) is 9.90 Å². The van der Waals surface area contributed by atoms with Crippen LogP contribution in [0.15, 0.2) is 46.9 Å². The van der Waals surface area contributed by atoms with Gasteiger partial charge in [-0.05, 0) is 25.1 Å². The van der Waals surface area contributed by atoms with Gasteiger partial charge in [0.1, 0.15) is 5.76 Å². The summed E-state index contributed by atoms with van der Waals surface area (Å²) >= 11 is 6.08. The third-order valence-corrected chi connectivity index (χ3v) is 3.46. The van der Waals surface area contributed by atoms with Gasteiger partial charge in [0.25, 0.3) is 0 Å². The van der Waals surface area contributed by atoms with Crippen LogP contribution in [0.25, 0.3) is 22.3 Å². The Kier molecular flexibility index (Phi) is 2.99. The van der Waals surface area contributed by atoms with E-state index >= 15 is 0 Å². The molecule has 0 fully saturated rings. The third kappa shape index (κ3) is 2.06. The molecular weight excluding hydrogens is 276 g/mol. The largest absolute Gasteiger partial charge is 0.478 e. The van der Waals surface area contributed by atoms with Crippen molar-refractivity contribution in [3.63, 3.8) is 0 Å². The highest BCUT2D eigenvalue weighted by atomic mass is 35.5. The van der Waals surface area contributed by atoms with E-state index in [0.717, 1.165) is 10.9 Å². The molecule has 0 radical (unpaired) electrons. The number of carboxylic acids is 1. The van der Waals surface area contributed by atoms with E-state index in [4.69, 9.17) is 16.0 Å². The van der Waals surface area contributed by atoms with Crippen molar-refractivity contribution in [1.29, 1.82) is 0 Å². The van der Waals surface area contributed by atoms with Crippen LogP contribution in [0, 0.1) is 6.92 Å². The Morgan fingerprint density at radius 2 is 2.00 bits per heavy atom. The van der Waals surface area contributed by atoms with Crippen molar-refractivity contribution >= 4 is 28.5 Å². The molecule has 0 saturated heterocycles. The zero-order valence-corrected chi connectivity index (χ0v) is 11.4. The molecule has 0 saturated carbocycles. The molecule has 4 heteroatoms. The minimum absolute atomic E-state index is 0.222. The molecule has 100 valence electrons. The number of carboxylic acid groups (broad SMARTS) is 1. The molecule has 0 amide bonds. The molecule has 0 aliphatic rings. The van der Waals surface area contributed by atoms with Gasteiger partial charge in [0, 0.05) is 10.9 Å². The number of furan rings is 1. The molecule has 3 rings (SSSR count). The van der Waals surface area contributed by atoms with Crippen molar-refractivity contribution in [3.05, 3.63) is 58.6 Å². The molecule has 0 aliphatic carbocycles. The summed E-state index contributed by atoms with van der Waals surface area (Å²) in [6, 6.07) is 12.5. The van der Waals surface area contributed by atoms with Crippen molar-refractivity contribution in [2.75, 3.05) is 0 Å². The molecule has 0 bridgehead atoms. The Morgan fingerprint density at radius 3 is 2.70 bits per heavy atom. The van der Waals surface area contributed by atoms with E-state index in [1.165, 1.54) is 0 Å². The minimum atomic E-state index is -0.977. The van der Waals surface area contributed by atoms with Crippen LogP contribution in [0.1, 0.15) is 15.9 Å². The molecule has 0 atom stereocenters. The predicted octanol–water partition coefficient (Wildman–Crippen LogP) is 4.76. The SMILES string of the molecule is Cc1ccc(-c2cc3cccc(Cl)c3o2)c(C(=O)O)c1. The summed E-state index contributed by atoms with van der Waals surface area (Å²) in [5, 5.41) is 10.7. The molecule has 3 nitrogen and oxygen atoms in total. The topological polar surface area (TPSA) is 50.4 Å². The number of hydrogen-bond acceptors (Lipinski definition) is 2. The second kappa shape index (κ2) is 4.69. The molecule has 0 spiro atoms. The number of fused-ring (bicyclic) bond motifs is 1. The zero-order valence-electron chi connectivity index (χ0n) is 10.7. The first-order valence-corrected chi connectivity index (χ1v) is 6.46. The van der Waals surface area contributed by atoms with Crippen molar-refractivity contribution in [1.82, 2.24) is 0 Å². The van der Waals surface area contributed by atoms with Crippen LogP contribution >= 0.6 is 11.6 Å². The van der Waals surface area contributed by atoms with E-state index in [2.05, 4.69) is 0 Å². The lowest BCUT2D eigenvalue weighted by atomic mass is 10.0. The van der Waals surface area contributed by atoms with Crippen LogP contribution in [-0.2, 0) is 0 Å². The van der Waals surface area contributed by atoms with Gasteiger partial charge in [0.2, 0.25) is 0 Å². The first-order valence-electron chi connectivity index (χ1n) is 6.08. The van der Waals surface area contributed by atoms with E-state index in [0.29, 0.717) is 21.9 Å². The molecule has 0 unspecified atom stereocenters. The fourth-order valence-corrected chi connectivity index (χ4v) is 2.43. The van der Waals surface area contributed by atoms with Gasteiger partial charge >= 0.3 is 5.97 Å². The standard InChI is InChI=1S/C16H11ClO3/c1-9-5-6-11(12(7-9)16(18)19)14-8-10-3-2-4-13(17)15(10)20-14/h2-8H,1H3,(H,18,19). The molecule has 1 aromatic heterocycles. The lowest BCUT2D eigenvalue weighted by molar-refractivity contribution is 0.0697. The lowest BCUT2D eigenvalue weighted by Crippen LogP contribution is -1.99. The second-order valence-electron chi connectivity index (χ2n) is 4.62. The number of hydrogen-bond donors (Lipinski definition) is 1. The Labute approximate surface area is 120 Å². The maximum Gasteiger partial charge on any atom is 0.336 e. The number of carbonyl (C=O) groups is 1. The van der Waals surface area contributed by atoms with Gasteiger partial charge in [-0.3, -0.25) is 0 Å². The predicted molar refractivity (Wildman–Crippen MR) is 78.4 cm³/mol. The lowest BCUT2D eigenvalue weighted by Gasteiger charge is -2.04. The van der Waals surface area contributed by atoms with Crippen molar-refractivity contribution in [2.24, 2.45) is 0 Å². The Bertz CT molecular complexity index is 818. The van der Waals surface area contributed by atoms with Gasteiger partial charge in [-0.25, -0.2) is 4.79 Å². The van der Waals surface area contributed by atoms with Gasteiger partial charge in [-0.15, -0.1) is 0 Å². The van der Waals surface area contributed by atoms with Crippen LogP contribution in [-0.4, -0.2) is 11.1 Å². The summed E-state index contributed by atoms with van der Waals surface area (Å²) < 4.78 is 5.72. The average molecular weight is 287 g/mol. The van der Waals surface area contributed by atoms with E-state index < -0.39 is 5.97 Å². The van der Waals surface area contributed by atoms with E-state index in [1.807, 2.05) is 25.1 Å². The van der Waals surface area contributed by atoms with Gasteiger partial charge in [0.05, 0.1) is 10.6 Å². The van der Waals surface area contributed by atoms with Crippen LogP contribution in [0.5, 0.6) is 0 Å². The molecular formula is C16H11ClO3. The smallest absolute Gasteiger partial charge is 0.336 e. The number of aromatic carboxylic acids is 1. The molecule has 0 aliphatic heterocycles. The highest BCUT2D eigenvalue weighted by Crippen LogP contribution is 2.33. The number of benzene rings is 2. The fourth-order valence-electron chi connectivity index (χ4n) is 2.21. The van der Waals surface area contributed by atoms with Crippen LogP contribution < -0.4 is 0 Å².